The zero-order valence-corrected chi connectivity index (χ0v) is 23.5. The van der Waals surface area contributed by atoms with Crippen LogP contribution in [0.4, 0.5) is 10.5 Å². The number of likely N-dealkylation sites (N-methyl/N-ethyl adjacent to an activating group) is 1. The number of aromatic nitrogens is 3. The van der Waals surface area contributed by atoms with E-state index in [1.54, 1.807) is 32.4 Å². The van der Waals surface area contributed by atoms with Gasteiger partial charge >= 0.3 is 6.09 Å². The number of carbonyl (C=O) groups excluding carboxylic acids is 3. The molecule has 0 aliphatic carbocycles. The van der Waals surface area contributed by atoms with E-state index < -0.39 is 23.6 Å². The number of alkyl carbamates (subject to hydrolysis) is 1. The van der Waals surface area contributed by atoms with Gasteiger partial charge in [-0.15, -0.1) is 0 Å². The molecule has 3 N–H and O–H groups in total. The molecule has 0 aliphatic heterocycles. The fourth-order valence-corrected chi connectivity index (χ4v) is 4.03. The number of amides is 3. The molecule has 1 unspecified atom stereocenters. The Morgan fingerprint density at radius 3 is 2.60 bits per heavy atom. The predicted octanol–water partition coefficient (Wildman–Crippen LogP) is 3.65. The highest BCUT2D eigenvalue weighted by molar-refractivity contribution is 5.96. The van der Waals surface area contributed by atoms with Gasteiger partial charge in [0, 0.05) is 20.3 Å². The van der Waals surface area contributed by atoms with Crippen molar-refractivity contribution in [2.45, 2.75) is 25.4 Å². The molecule has 218 valence electrons. The van der Waals surface area contributed by atoms with Crippen LogP contribution in [0.5, 0.6) is 11.5 Å². The Kier molecular flexibility index (Phi) is 9.72. The number of nitrogens with one attached hydrogen (secondary N) is 3. The molecule has 3 amide bonds. The number of allylic oxidation sites excluding steroid dienone is 1. The topological polar surface area (TPSA) is 148 Å². The molecule has 0 radical (unpaired) electrons. The Labute approximate surface area is 242 Å². The first-order valence-corrected chi connectivity index (χ1v) is 13.2. The van der Waals surface area contributed by atoms with E-state index in [9.17, 15) is 19.2 Å². The summed E-state index contributed by atoms with van der Waals surface area (Å²) >= 11 is 0. The highest BCUT2D eigenvalue weighted by atomic mass is 16.5. The van der Waals surface area contributed by atoms with Crippen molar-refractivity contribution in [1.29, 1.82) is 0 Å². The number of methoxy groups -OCH3 is 1. The van der Waals surface area contributed by atoms with Gasteiger partial charge in [0.1, 0.15) is 28.8 Å². The number of ether oxygens (including phenoxy) is 2. The lowest BCUT2D eigenvalue weighted by molar-refractivity contribution is -0.123. The van der Waals surface area contributed by atoms with Crippen molar-refractivity contribution >= 4 is 34.6 Å². The van der Waals surface area contributed by atoms with Crippen LogP contribution in [0, 0.1) is 0 Å². The molecule has 0 aliphatic rings. The summed E-state index contributed by atoms with van der Waals surface area (Å²) in [7, 11) is 4.44. The number of H-pyrrole nitrogens is 1. The molecule has 12 heteroatoms. The van der Waals surface area contributed by atoms with E-state index in [1.807, 2.05) is 48.5 Å². The van der Waals surface area contributed by atoms with Crippen LogP contribution >= 0.6 is 0 Å². The minimum absolute atomic E-state index is 0.0294. The fourth-order valence-electron chi connectivity index (χ4n) is 4.03. The molecule has 0 bridgehead atoms. The van der Waals surface area contributed by atoms with Crippen LogP contribution in [0.2, 0.25) is 0 Å². The number of aromatic amines is 1. The van der Waals surface area contributed by atoms with Crippen molar-refractivity contribution in [3.8, 4) is 11.5 Å². The van der Waals surface area contributed by atoms with E-state index in [-0.39, 0.29) is 24.6 Å². The Bertz CT molecular complexity index is 1640. The SMILES string of the molecule is COC(=O)NC(CCC=CC(=O)N(C)C)C(=O)Nc1cccn(Cc2nc3c(Oc4ccccc4)cccc3[nH]2)c1=O. The minimum Gasteiger partial charge on any atom is -0.455 e. The standard InChI is InChI=1S/C30H32N6O6/c1-35(2)26(37)17-8-7-13-22(33-30(40)41-3)28(38)32-23-15-10-18-36(29(23)39)19-25-31-21-14-9-16-24(27(21)34-25)42-20-11-5-4-6-12-20/h4-6,8-12,14-18,22H,7,13,19H2,1-3H3,(H,31,34)(H,32,38)(H,33,40). The summed E-state index contributed by atoms with van der Waals surface area (Å²) in [6, 6.07) is 17.0. The number of para-hydroxylation sites is 2. The molecule has 2 aromatic heterocycles. The Morgan fingerprint density at radius 1 is 1.07 bits per heavy atom. The molecule has 42 heavy (non-hydrogen) atoms. The number of imidazole rings is 1. The molecule has 2 aromatic carbocycles. The van der Waals surface area contributed by atoms with Crippen molar-refractivity contribution in [3.63, 3.8) is 0 Å². The van der Waals surface area contributed by atoms with Crippen LogP contribution in [0.1, 0.15) is 18.7 Å². The lowest BCUT2D eigenvalue weighted by Crippen LogP contribution is -2.44. The van der Waals surface area contributed by atoms with Crippen LogP contribution in [0.3, 0.4) is 0 Å². The molecular formula is C30H32N6O6. The number of hydrogen-bond donors (Lipinski definition) is 3. The summed E-state index contributed by atoms with van der Waals surface area (Å²) in [5.74, 6) is 0.955. The van der Waals surface area contributed by atoms with Gasteiger partial charge in [0.15, 0.2) is 5.75 Å². The molecule has 1 atom stereocenters. The Morgan fingerprint density at radius 2 is 1.86 bits per heavy atom. The van der Waals surface area contributed by atoms with Crippen molar-refractivity contribution in [1.82, 2.24) is 24.8 Å². The molecule has 4 rings (SSSR count). The lowest BCUT2D eigenvalue weighted by atomic mass is 10.1. The van der Waals surface area contributed by atoms with Crippen molar-refractivity contribution in [2.75, 3.05) is 26.5 Å². The van der Waals surface area contributed by atoms with Crippen LogP contribution in [-0.4, -0.2) is 64.6 Å². The van der Waals surface area contributed by atoms with Gasteiger partial charge in [-0.05, 0) is 55.3 Å². The molecule has 0 spiro atoms. The summed E-state index contributed by atoms with van der Waals surface area (Å²) in [6.45, 7) is 0.108. The van der Waals surface area contributed by atoms with Gasteiger partial charge in [0.25, 0.3) is 5.56 Å². The van der Waals surface area contributed by atoms with E-state index in [0.717, 1.165) is 5.52 Å². The molecule has 4 aromatic rings. The van der Waals surface area contributed by atoms with E-state index >= 15 is 0 Å². The van der Waals surface area contributed by atoms with Crippen LogP contribution in [0.15, 0.2) is 83.8 Å². The van der Waals surface area contributed by atoms with E-state index in [4.69, 9.17) is 4.74 Å². The molecule has 2 heterocycles. The quantitative estimate of drug-likeness (QED) is 0.232. The molecule has 0 saturated carbocycles. The van der Waals surface area contributed by atoms with Gasteiger partial charge in [0.05, 0.1) is 19.2 Å². The fraction of sp³-hybridized carbons (Fsp3) is 0.233. The molecule has 12 nitrogen and oxygen atoms in total. The van der Waals surface area contributed by atoms with Crippen LogP contribution in [0.25, 0.3) is 11.0 Å². The average molecular weight is 573 g/mol. The van der Waals surface area contributed by atoms with Crippen molar-refractivity contribution in [2.24, 2.45) is 0 Å². The molecular weight excluding hydrogens is 540 g/mol. The minimum atomic E-state index is -1.01. The number of fused-ring (bicyclic) bond motifs is 1. The first kappa shape index (κ1) is 29.6. The number of pyridine rings is 1. The van der Waals surface area contributed by atoms with Gasteiger partial charge in [-0.3, -0.25) is 14.4 Å². The largest absolute Gasteiger partial charge is 0.455 e. The summed E-state index contributed by atoms with van der Waals surface area (Å²) in [6.07, 6.45) is 4.28. The van der Waals surface area contributed by atoms with Gasteiger partial charge in [-0.1, -0.05) is 30.3 Å². The summed E-state index contributed by atoms with van der Waals surface area (Å²) in [4.78, 5) is 59.2. The van der Waals surface area contributed by atoms with Crippen LogP contribution in [-0.2, 0) is 20.9 Å². The third-order valence-corrected chi connectivity index (χ3v) is 6.21. The third-order valence-electron chi connectivity index (χ3n) is 6.21. The van der Waals surface area contributed by atoms with Crippen LogP contribution < -0.4 is 20.9 Å². The second kappa shape index (κ2) is 13.8. The molecule has 0 saturated heterocycles. The maximum Gasteiger partial charge on any atom is 0.407 e. The van der Waals surface area contributed by atoms with Crippen molar-refractivity contribution < 1.29 is 23.9 Å². The number of rotatable bonds is 11. The number of benzene rings is 2. The smallest absolute Gasteiger partial charge is 0.407 e. The number of anilines is 1. The monoisotopic (exact) mass is 572 g/mol. The van der Waals surface area contributed by atoms with Gasteiger partial charge in [0.2, 0.25) is 11.8 Å². The maximum absolute atomic E-state index is 13.2. The first-order chi connectivity index (χ1) is 20.2. The lowest BCUT2D eigenvalue weighted by Gasteiger charge is -2.17. The van der Waals surface area contributed by atoms with E-state index in [1.165, 1.54) is 28.7 Å². The maximum atomic E-state index is 13.2. The highest BCUT2D eigenvalue weighted by Crippen LogP contribution is 2.28. The molecule has 0 fully saturated rings. The van der Waals surface area contributed by atoms with Crippen molar-refractivity contribution in [3.05, 3.63) is 95.2 Å². The summed E-state index contributed by atoms with van der Waals surface area (Å²) in [5, 5.41) is 5.08. The zero-order valence-electron chi connectivity index (χ0n) is 23.5. The third kappa shape index (κ3) is 7.62. The van der Waals surface area contributed by atoms with E-state index in [0.29, 0.717) is 29.3 Å². The predicted molar refractivity (Wildman–Crippen MR) is 157 cm³/mol. The number of carbonyl (C=O) groups is 3. The second-order valence-corrected chi connectivity index (χ2v) is 9.50. The summed E-state index contributed by atoms with van der Waals surface area (Å²) in [5.41, 5.74) is 0.933. The normalized spacial score (nSPS) is 11.7. The number of nitrogens with zero attached hydrogens (tertiary/aromatic N) is 3. The van der Waals surface area contributed by atoms with E-state index in [2.05, 4.69) is 25.3 Å². The summed E-state index contributed by atoms with van der Waals surface area (Å²) < 4.78 is 12.0. The van der Waals surface area contributed by atoms with Gasteiger partial charge in [-0.2, -0.15) is 0 Å². The first-order valence-electron chi connectivity index (χ1n) is 13.2. The Hall–Kier alpha value is -5.39. The Balaban J connectivity index is 1.48. The van der Waals surface area contributed by atoms with Gasteiger partial charge in [-0.25, -0.2) is 9.78 Å². The highest BCUT2D eigenvalue weighted by Gasteiger charge is 2.22. The van der Waals surface area contributed by atoms with Gasteiger partial charge < -0.3 is 34.6 Å². The second-order valence-electron chi connectivity index (χ2n) is 9.50. The average Bonchev–Trinajstić information content (AvgIpc) is 3.40. The number of hydrogen-bond acceptors (Lipinski definition) is 7. The zero-order chi connectivity index (χ0) is 30.1.